The van der Waals surface area contributed by atoms with E-state index in [0.717, 1.165) is 0 Å². The summed E-state index contributed by atoms with van der Waals surface area (Å²) in [6.07, 6.45) is 0. The maximum atomic E-state index is 13.7. The molecule has 1 amide bonds. The monoisotopic (exact) mass is 375 g/mol. The van der Waals surface area contributed by atoms with Gasteiger partial charge in [0.15, 0.2) is 16.7 Å². The molecule has 9 heteroatoms. The van der Waals surface area contributed by atoms with E-state index in [0.29, 0.717) is 29.5 Å². The Morgan fingerprint density at radius 3 is 2.83 bits per heavy atom. The summed E-state index contributed by atoms with van der Waals surface area (Å²) in [5.41, 5.74) is 1.22. The third-order valence-electron chi connectivity index (χ3n) is 2.97. The molecule has 0 unspecified atom stereocenters. The molecule has 2 aromatic rings. The van der Waals surface area contributed by atoms with E-state index >= 15 is 0 Å². The quantitative estimate of drug-likeness (QED) is 0.694. The fourth-order valence-corrected chi connectivity index (χ4v) is 2.56. The van der Waals surface area contributed by atoms with Crippen molar-refractivity contribution in [3.63, 3.8) is 0 Å². The first kappa shape index (κ1) is 20.3. The molecule has 1 heterocycles. The average molecular weight is 376 g/mol. The zero-order valence-electron chi connectivity index (χ0n) is 13.3. The first-order valence-corrected chi connectivity index (χ1v) is 7.81. The lowest BCUT2D eigenvalue weighted by atomic mass is 10.1. The smallest absolute Gasteiger partial charge is 0.240 e. The number of carbonyl (C=O) groups is 1. The lowest BCUT2D eigenvalue weighted by molar-refractivity contribution is -0.115. The maximum absolute atomic E-state index is 13.7. The van der Waals surface area contributed by atoms with Gasteiger partial charge in [-0.05, 0) is 18.2 Å². The summed E-state index contributed by atoms with van der Waals surface area (Å²) >= 11 is 1.28. The van der Waals surface area contributed by atoms with Gasteiger partial charge in [-0.2, -0.15) is 0 Å². The molecule has 0 bridgehead atoms. The summed E-state index contributed by atoms with van der Waals surface area (Å²) in [5, 5.41) is 7.86. The van der Waals surface area contributed by atoms with E-state index in [1.165, 1.54) is 24.5 Å². The normalized spacial score (nSPS) is 10.1. The highest BCUT2D eigenvalue weighted by molar-refractivity contribution is 7.14. The second-order valence-corrected chi connectivity index (χ2v) is 5.46. The van der Waals surface area contributed by atoms with E-state index in [9.17, 15) is 9.18 Å². The number of nitrogens with one attached hydrogen (secondary N) is 2. The van der Waals surface area contributed by atoms with Crippen LogP contribution in [0.25, 0.3) is 11.3 Å². The Hall–Kier alpha value is -1.74. The maximum Gasteiger partial charge on any atom is 0.240 e. The number of hydrogen-bond acceptors (Lipinski definition) is 6. The zero-order valence-corrected chi connectivity index (χ0v) is 14.9. The van der Waals surface area contributed by atoms with Gasteiger partial charge < -0.3 is 20.1 Å². The van der Waals surface area contributed by atoms with Gasteiger partial charge in [-0.1, -0.05) is 0 Å². The molecule has 0 saturated heterocycles. The Bertz CT molecular complexity index is 669. The van der Waals surface area contributed by atoms with Gasteiger partial charge in [0, 0.05) is 24.6 Å². The number of rotatable bonds is 8. The van der Waals surface area contributed by atoms with Crippen LogP contribution in [0.1, 0.15) is 0 Å². The Labute approximate surface area is 149 Å². The number of amides is 1. The summed E-state index contributed by atoms with van der Waals surface area (Å²) in [6.45, 7) is 1.31. The first-order valence-electron chi connectivity index (χ1n) is 6.93. The standard InChI is InChI=1S/C15H18FN3O3S.ClH/c1-21-6-5-17-8-14(20)19-15-18-12(9-23-15)10-3-4-13(22-2)11(16)7-10;/h3-4,7,9,17H,5-6,8H2,1-2H3,(H,18,19,20);1H. The van der Waals surface area contributed by atoms with Crippen molar-refractivity contribution in [2.45, 2.75) is 0 Å². The Morgan fingerprint density at radius 2 is 2.17 bits per heavy atom. The number of benzene rings is 1. The topological polar surface area (TPSA) is 72.5 Å². The van der Waals surface area contributed by atoms with Gasteiger partial charge in [0.2, 0.25) is 5.91 Å². The van der Waals surface area contributed by atoms with Crippen LogP contribution in [0, 0.1) is 5.82 Å². The largest absolute Gasteiger partial charge is 0.494 e. The van der Waals surface area contributed by atoms with Gasteiger partial charge >= 0.3 is 0 Å². The number of ether oxygens (including phenoxy) is 2. The molecule has 0 saturated carbocycles. The van der Waals surface area contributed by atoms with Crippen molar-refractivity contribution >= 4 is 34.8 Å². The van der Waals surface area contributed by atoms with Crippen LogP contribution >= 0.6 is 23.7 Å². The fraction of sp³-hybridized carbons (Fsp3) is 0.333. The number of thiazole rings is 1. The van der Waals surface area contributed by atoms with Crippen LogP contribution in [0.2, 0.25) is 0 Å². The molecule has 0 spiro atoms. The molecule has 0 aliphatic rings. The Morgan fingerprint density at radius 1 is 1.38 bits per heavy atom. The van der Waals surface area contributed by atoms with Crippen LogP contribution in [0.3, 0.4) is 0 Å². The third kappa shape index (κ3) is 5.72. The van der Waals surface area contributed by atoms with Crippen molar-refractivity contribution < 1.29 is 18.7 Å². The van der Waals surface area contributed by atoms with Crippen molar-refractivity contribution in [3.8, 4) is 17.0 Å². The number of carbonyl (C=O) groups excluding carboxylic acids is 1. The van der Waals surface area contributed by atoms with Crippen LogP contribution in [-0.4, -0.2) is 44.8 Å². The highest BCUT2D eigenvalue weighted by atomic mass is 35.5. The molecular weight excluding hydrogens is 357 g/mol. The Balaban J connectivity index is 0.00000288. The van der Waals surface area contributed by atoms with E-state index in [2.05, 4.69) is 15.6 Å². The third-order valence-corrected chi connectivity index (χ3v) is 3.72. The summed E-state index contributed by atoms with van der Waals surface area (Å²) < 4.78 is 23.5. The molecule has 6 nitrogen and oxygen atoms in total. The van der Waals surface area contributed by atoms with Crippen LogP contribution in [0.15, 0.2) is 23.6 Å². The van der Waals surface area contributed by atoms with Crippen LogP contribution in [0.4, 0.5) is 9.52 Å². The van der Waals surface area contributed by atoms with E-state index in [4.69, 9.17) is 9.47 Å². The predicted octanol–water partition coefficient (Wildman–Crippen LogP) is 2.55. The summed E-state index contributed by atoms with van der Waals surface area (Å²) in [6, 6.07) is 4.61. The van der Waals surface area contributed by atoms with Gasteiger partial charge in [0.25, 0.3) is 0 Å². The van der Waals surface area contributed by atoms with Crippen LogP contribution in [0.5, 0.6) is 5.75 Å². The minimum Gasteiger partial charge on any atom is -0.494 e. The summed E-state index contributed by atoms with van der Waals surface area (Å²) in [4.78, 5) is 16.0. The number of aromatic nitrogens is 1. The minimum absolute atomic E-state index is 0. The van der Waals surface area contributed by atoms with Crippen LogP contribution in [-0.2, 0) is 9.53 Å². The number of methoxy groups -OCH3 is 2. The number of nitrogens with zero attached hydrogens (tertiary/aromatic N) is 1. The molecule has 0 fully saturated rings. The van der Waals surface area contributed by atoms with Crippen molar-refractivity contribution in [3.05, 3.63) is 29.4 Å². The van der Waals surface area contributed by atoms with Crippen molar-refractivity contribution in [1.82, 2.24) is 10.3 Å². The molecule has 0 aliphatic carbocycles. The van der Waals surface area contributed by atoms with Crippen molar-refractivity contribution in [1.29, 1.82) is 0 Å². The number of hydrogen-bond donors (Lipinski definition) is 2. The van der Waals surface area contributed by atoms with Crippen LogP contribution < -0.4 is 15.4 Å². The van der Waals surface area contributed by atoms with E-state index < -0.39 is 5.82 Å². The first-order chi connectivity index (χ1) is 11.1. The molecule has 132 valence electrons. The molecule has 2 rings (SSSR count). The van der Waals surface area contributed by atoms with Gasteiger partial charge in [0.1, 0.15) is 0 Å². The van der Waals surface area contributed by atoms with Crippen molar-refractivity contribution in [2.75, 3.05) is 39.2 Å². The molecule has 24 heavy (non-hydrogen) atoms. The van der Waals surface area contributed by atoms with Gasteiger partial charge in [-0.15, -0.1) is 23.7 Å². The van der Waals surface area contributed by atoms with Gasteiger partial charge in [0.05, 0.1) is 26.0 Å². The predicted molar refractivity (Wildman–Crippen MR) is 94.7 cm³/mol. The summed E-state index contributed by atoms with van der Waals surface area (Å²) in [7, 11) is 3.01. The number of anilines is 1. The second-order valence-electron chi connectivity index (χ2n) is 4.60. The molecular formula is C15H19ClFN3O3S. The molecule has 1 aromatic heterocycles. The highest BCUT2D eigenvalue weighted by Crippen LogP contribution is 2.28. The SMILES string of the molecule is COCCNCC(=O)Nc1nc(-c2ccc(OC)c(F)c2)cs1.Cl. The Kier molecular flexibility index (Phi) is 8.62. The molecule has 0 aliphatic heterocycles. The molecule has 0 atom stereocenters. The second kappa shape index (κ2) is 10.2. The van der Waals surface area contributed by atoms with Gasteiger partial charge in [-0.25, -0.2) is 9.37 Å². The average Bonchev–Trinajstić information content (AvgIpc) is 3.00. The van der Waals surface area contributed by atoms with E-state index in [1.54, 1.807) is 24.6 Å². The van der Waals surface area contributed by atoms with E-state index in [1.807, 2.05) is 0 Å². The molecule has 2 N–H and O–H groups in total. The summed E-state index contributed by atoms with van der Waals surface area (Å²) in [5.74, 6) is -0.464. The lowest BCUT2D eigenvalue weighted by Gasteiger charge is -2.04. The molecule has 1 aromatic carbocycles. The van der Waals surface area contributed by atoms with Crippen molar-refractivity contribution in [2.24, 2.45) is 0 Å². The zero-order chi connectivity index (χ0) is 16.7. The lowest BCUT2D eigenvalue weighted by Crippen LogP contribution is -2.30. The van der Waals surface area contributed by atoms with E-state index in [-0.39, 0.29) is 30.6 Å². The minimum atomic E-state index is -0.453. The fourth-order valence-electron chi connectivity index (χ4n) is 1.83. The van der Waals surface area contributed by atoms with Gasteiger partial charge in [-0.3, -0.25) is 4.79 Å². The highest BCUT2D eigenvalue weighted by Gasteiger charge is 2.10. The molecule has 0 radical (unpaired) electrons. The number of halogens is 2.